The average Bonchev–Trinajstić information content (AvgIpc) is 2.88. The monoisotopic (exact) mass is 489 g/mol. The molecule has 0 aliphatic heterocycles. The highest BCUT2D eigenvalue weighted by Gasteiger charge is 2.20. The lowest BCUT2D eigenvalue weighted by Crippen LogP contribution is -2.19. The first kappa shape index (κ1) is 25.3. The predicted molar refractivity (Wildman–Crippen MR) is 138 cm³/mol. The molecule has 2 aromatic carbocycles. The van der Waals surface area contributed by atoms with Crippen LogP contribution in [0.15, 0.2) is 59.8 Å². The van der Waals surface area contributed by atoms with Crippen molar-refractivity contribution in [3.8, 4) is 18.1 Å². The Hall–Kier alpha value is -4.35. The molecule has 2 N–H and O–H groups in total. The summed E-state index contributed by atoms with van der Waals surface area (Å²) >= 11 is 6.19. The molecule has 0 unspecified atom stereocenters. The predicted octanol–water partition coefficient (Wildman–Crippen LogP) is 4.52. The number of anilines is 2. The summed E-state index contributed by atoms with van der Waals surface area (Å²) in [5.74, 6) is 2.02. The molecule has 0 saturated carbocycles. The van der Waals surface area contributed by atoms with Gasteiger partial charge in [-0.2, -0.15) is 5.10 Å². The van der Waals surface area contributed by atoms with Crippen LogP contribution < -0.4 is 15.4 Å². The molecule has 2 amide bonds. The van der Waals surface area contributed by atoms with Gasteiger partial charge in [0.25, 0.3) is 11.8 Å². The maximum atomic E-state index is 13.0. The zero-order valence-electron chi connectivity index (χ0n) is 19.5. The number of halogens is 1. The molecule has 1 heterocycles. The maximum Gasteiger partial charge on any atom is 0.259 e. The van der Waals surface area contributed by atoms with Gasteiger partial charge >= 0.3 is 0 Å². The van der Waals surface area contributed by atoms with Gasteiger partial charge in [0.2, 0.25) is 0 Å². The lowest BCUT2D eigenvalue weighted by Gasteiger charge is -2.16. The number of terminal acetylenes is 1. The minimum atomic E-state index is -0.534. The molecule has 3 aromatic rings. The lowest BCUT2D eigenvalue weighted by atomic mass is 10.1. The molecule has 1 aromatic heterocycles. The summed E-state index contributed by atoms with van der Waals surface area (Å²) in [5, 5.41) is 11.8. The number of hydrogen-bond donors (Lipinski definition) is 2. The number of hydrogen-bond acceptors (Lipinski definition) is 6. The van der Waals surface area contributed by atoms with Gasteiger partial charge in [-0.1, -0.05) is 29.7 Å². The largest absolute Gasteiger partial charge is 0.494 e. The van der Waals surface area contributed by atoms with Crippen LogP contribution in [-0.2, 0) is 0 Å². The van der Waals surface area contributed by atoms with Crippen LogP contribution in [0.4, 0.5) is 11.5 Å². The van der Waals surface area contributed by atoms with Gasteiger partial charge in [-0.25, -0.2) is 4.98 Å². The van der Waals surface area contributed by atoms with Crippen LogP contribution in [0.3, 0.4) is 0 Å². The van der Waals surface area contributed by atoms with E-state index in [0.717, 1.165) is 12.1 Å². The van der Waals surface area contributed by atoms with E-state index < -0.39 is 11.8 Å². The summed E-state index contributed by atoms with van der Waals surface area (Å²) in [7, 11) is 3.29. The van der Waals surface area contributed by atoms with Crippen LogP contribution in [0, 0.1) is 12.3 Å². The fourth-order valence-corrected chi connectivity index (χ4v) is 3.15. The van der Waals surface area contributed by atoms with Gasteiger partial charge in [0.15, 0.2) is 0 Å². The number of hydrazone groups is 1. The average molecular weight is 490 g/mol. The topological polar surface area (TPSA) is 95.9 Å². The summed E-state index contributed by atoms with van der Waals surface area (Å²) < 4.78 is 5.38. The van der Waals surface area contributed by atoms with E-state index in [-0.39, 0.29) is 27.8 Å². The van der Waals surface area contributed by atoms with Crippen molar-refractivity contribution in [3.05, 3.63) is 82.0 Å². The summed E-state index contributed by atoms with van der Waals surface area (Å²) in [5.41, 5.74) is 2.09. The first-order valence-corrected chi connectivity index (χ1v) is 11.0. The molecule has 0 spiro atoms. The smallest absolute Gasteiger partial charge is 0.259 e. The first-order chi connectivity index (χ1) is 16.8. The second kappa shape index (κ2) is 11.7. The van der Waals surface area contributed by atoms with E-state index in [1.54, 1.807) is 47.6 Å². The second-order valence-electron chi connectivity index (χ2n) is 7.36. The number of methoxy groups -OCH3 is 1. The molecule has 0 atom stereocenters. The molecule has 0 aliphatic carbocycles. The molecule has 3 rings (SSSR count). The number of amides is 2. The van der Waals surface area contributed by atoms with Gasteiger partial charge in [-0.3, -0.25) is 9.59 Å². The van der Waals surface area contributed by atoms with Crippen LogP contribution in [0.1, 0.15) is 38.8 Å². The van der Waals surface area contributed by atoms with Gasteiger partial charge in [-0.15, -0.1) is 6.42 Å². The number of nitrogens with one attached hydrogen (secondary N) is 2. The Labute approximate surface area is 209 Å². The zero-order chi connectivity index (χ0) is 25.4. The van der Waals surface area contributed by atoms with Crippen molar-refractivity contribution in [1.29, 1.82) is 0 Å². The van der Waals surface area contributed by atoms with Crippen molar-refractivity contribution in [3.63, 3.8) is 0 Å². The molecule has 0 saturated heterocycles. The van der Waals surface area contributed by atoms with Crippen molar-refractivity contribution in [2.24, 2.45) is 5.10 Å². The van der Waals surface area contributed by atoms with Crippen LogP contribution in [0.5, 0.6) is 5.75 Å². The third-order valence-electron chi connectivity index (χ3n) is 4.98. The molecule has 9 heteroatoms. The van der Waals surface area contributed by atoms with Crippen LogP contribution in [-0.4, -0.2) is 48.7 Å². The fraction of sp³-hybridized carbons (Fsp3) is 0.154. The first-order valence-electron chi connectivity index (χ1n) is 10.6. The Morgan fingerprint density at radius 1 is 1.17 bits per heavy atom. The van der Waals surface area contributed by atoms with Crippen molar-refractivity contribution >= 4 is 41.1 Å². The third-order valence-corrected chi connectivity index (χ3v) is 5.19. The highest BCUT2D eigenvalue weighted by atomic mass is 35.5. The summed E-state index contributed by atoms with van der Waals surface area (Å²) in [4.78, 5) is 30.2. The minimum absolute atomic E-state index is 0.108. The number of carbonyl (C=O) groups is 2. The van der Waals surface area contributed by atoms with E-state index in [1.165, 1.54) is 25.4 Å². The third kappa shape index (κ3) is 6.59. The number of benzene rings is 2. The number of nitrogens with zero attached hydrogens (tertiary/aromatic N) is 3. The Morgan fingerprint density at radius 2 is 1.91 bits per heavy atom. The Kier molecular flexibility index (Phi) is 8.43. The lowest BCUT2D eigenvalue weighted by molar-refractivity contribution is 0.102. The van der Waals surface area contributed by atoms with E-state index >= 15 is 0 Å². The van der Waals surface area contributed by atoms with E-state index in [1.807, 2.05) is 14.0 Å². The van der Waals surface area contributed by atoms with E-state index in [9.17, 15) is 9.59 Å². The van der Waals surface area contributed by atoms with Gasteiger partial charge in [0.1, 0.15) is 11.6 Å². The van der Waals surface area contributed by atoms with Crippen molar-refractivity contribution in [2.45, 2.75) is 6.92 Å². The van der Waals surface area contributed by atoms with Crippen molar-refractivity contribution in [1.82, 2.24) is 9.99 Å². The van der Waals surface area contributed by atoms with E-state index in [0.29, 0.717) is 11.1 Å². The summed E-state index contributed by atoms with van der Waals surface area (Å²) in [6.07, 6.45) is 8.51. The van der Waals surface area contributed by atoms with E-state index in [2.05, 4.69) is 26.6 Å². The van der Waals surface area contributed by atoms with Gasteiger partial charge in [0, 0.05) is 42.0 Å². The van der Waals surface area contributed by atoms with Crippen LogP contribution in [0.25, 0.3) is 0 Å². The fourth-order valence-electron chi connectivity index (χ4n) is 2.94. The van der Waals surface area contributed by atoms with Crippen molar-refractivity contribution in [2.75, 3.05) is 31.3 Å². The SMILES string of the molecule is C#Cc1ccc(NC(=O)c2cc(Cl)cc(OC)c2NC(=O)c2ccc(C=NN(C)CC)cc2)nc1. The summed E-state index contributed by atoms with van der Waals surface area (Å²) in [6.45, 7) is 2.78. The second-order valence-corrected chi connectivity index (χ2v) is 7.79. The highest BCUT2D eigenvalue weighted by Crippen LogP contribution is 2.33. The quantitative estimate of drug-likeness (QED) is 0.275. The molecular formula is C26H24ClN5O3. The number of carbonyl (C=O) groups excluding carboxylic acids is 2. The molecule has 178 valence electrons. The molecular weight excluding hydrogens is 466 g/mol. The van der Waals surface area contributed by atoms with Crippen molar-refractivity contribution < 1.29 is 14.3 Å². The Morgan fingerprint density at radius 3 is 2.51 bits per heavy atom. The van der Waals surface area contributed by atoms with Gasteiger partial charge in [-0.05, 0) is 42.8 Å². The van der Waals surface area contributed by atoms with Crippen LogP contribution >= 0.6 is 11.6 Å². The minimum Gasteiger partial charge on any atom is -0.494 e. The Balaban J connectivity index is 1.85. The maximum absolute atomic E-state index is 13.0. The molecule has 0 fully saturated rings. The Bertz CT molecular complexity index is 1280. The molecule has 0 bridgehead atoms. The molecule has 0 aliphatic rings. The van der Waals surface area contributed by atoms with Gasteiger partial charge < -0.3 is 20.4 Å². The molecule has 35 heavy (non-hydrogen) atoms. The number of pyridine rings is 1. The molecule has 8 nitrogen and oxygen atoms in total. The normalized spacial score (nSPS) is 10.5. The number of rotatable bonds is 8. The standard InChI is InChI=1S/C26H24ClN5O3/c1-5-17-9-12-23(28-15-17)30-26(34)21-13-20(27)14-22(35-4)24(21)31-25(33)19-10-7-18(8-11-19)16-29-32(3)6-2/h1,7-16H,6H2,2-4H3,(H,31,33)(H,28,30,34). The molecule has 0 radical (unpaired) electrons. The zero-order valence-corrected chi connectivity index (χ0v) is 20.3. The van der Waals surface area contributed by atoms with Gasteiger partial charge in [0.05, 0.1) is 24.6 Å². The number of aromatic nitrogens is 1. The van der Waals surface area contributed by atoms with E-state index in [4.69, 9.17) is 22.8 Å². The highest BCUT2D eigenvalue weighted by molar-refractivity contribution is 6.31. The number of ether oxygens (including phenoxy) is 1. The van der Waals surface area contributed by atoms with Crippen LogP contribution in [0.2, 0.25) is 5.02 Å². The summed E-state index contributed by atoms with van der Waals surface area (Å²) in [6, 6.07) is 13.1.